The molecule has 1 aliphatic rings. The fraction of sp³-hybridized carbons (Fsp3) is 0.115. The number of benzene rings is 3. The molecule has 1 aliphatic heterocycles. The number of aliphatic hydroxyl groups is 1. The average molecular weight is 473 g/mol. The van der Waals surface area contributed by atoms with Gasteiger partial charge in [0.2, 0.25) is 0 Å². The Labute approximate surface area is 199 Å². The first-order valence-electron chi connectivity index (χ1n) is 10.5. The van der Waals surface area contributed by atoms with Gasteiger partial charge < -0.3 is 14.6 Å². The van der Waals surface area contributed by atoms with E-state index in [1.807, 2.05) is 12.1 Å². The second-order valence-corrected chi connectivity index (χ2v) is 8.62. The summed E-state index contributed by atoms with van der Waals surface area (Å²) in [5.41, 5.74) is 1.66. The number of carbonyl (C=O) groups excluding carboxylic acids is 2. The van der Waals surface area contributed by atoms with Crippen molar-refractivity contribution in [1.82, 2.24) is 4.98 Å². The van der Waals surface area contributed by atoms with E-state index in [1.54, 1.807) is 67.8 Å². The van der Waals surface area contributed by atoms with Crippen molar-refractivity contribution in [3.63, 3.8) is 0 Å². The van der Waals surface area contributed by atoms with Gasteiger partial charge in [-0.1, -0.05) is 59.9 Å². The summed E-state index contributed by atoms with van der Waals surface area (Å²) in [6, 6.07) is 20.3. The fourth-order valence-corrected chi connectivity index (χ4v) is 5.11. The van der Waals surface area contributed by atoms with Crippen LogP contribution in [0.1, 0.15) is 17.2 Å². The monoisotopic (exact) mass is 472 g/mol. The molecule has 0 saturated carbocycles. The Kier molecular flexibility index (Phi) is 5.51. The predicted molar refractivity (Wildman–Crippen MR) is 130 cm³/mol. The number of aromatic nitrogens is 1. The lowest BCUT2D eigenvalue weighted by Gasteiger charge is -2.24. The first-order valence-corrected chi connectivity index (χ1v) is 11.3. The zero-order valence-electron chi connectivity index (χ0n) is 18.4. The van der Waals surface area contributed by atoms with Gasteiger partial charge in [-0.15, -0.1) is 0 Å². The van der Waals surface area contributed by atoms with E-state index in [2.05, 4.69) is 4.98 Å². The zero-order valence-corrected chi connectivity index (χ0v) is 19.2. The molecular weight excluding hydrogens is 452 g/mol. The van der Waals surface area contributed by atoms with E-state index in [0.717, 1.165) is 4.70 Å². The second-order valence-electron chi connectivity index (χ2n) is 7.61. The van der Waals surface area contributed by atoms with Gasteiger partial charge in [0.15, 0.2) is 5.13 Å². The Morgan fingerprint density at radius 2 is 1.71 bits per heavy atom. The number of anilines is 1. The predicted octanol–water partition coefficient (Wildman–Crippen LogP) is 4.94. The number of carbonyl (C=O) groups is 2. The SMILES string of the molecule is COc1ccc2nc(N3C(=O)C(=O)C(=C(O)c4ccccc4)[C@H]3c3ccccc3OC)sc2c1. The van der Waals surface area contributed by atoms with Crippen molar-refractivity contribution >= 4 is 44.1 Å². The van der Waals surface area contributed by atoms with Crippen LogP contribution in [0.25, 0.3) is 16.0 Å². The number of hydrogen-bond acceptors (Lipinski definition) is 7. The summed E-state index contributed by atoms with van der Waals surface area (Å²) < 4.78 is 11.7. The van der Waals surface area contributed by atoms with Gasteiger partial charge in [0.05, 0.1) is 30.0 Å². The number of amides is 1. The van der Waals surface area contributed by atoms with Crippen molar-refractivity contribution in [3.05, 3.63) is 89.5 Å². The van der Waals surface area contributed by atoms with Gasteiger partial charge in [-0.25, -0.2) is 4.98 Å². The Morgan fingerprint density at radius 1 is 0.971 bits per heavy atom. The van der Waals surface area contributed by atoms with Gasteiger partial charge in [-0.3, -0.25) is 14.5 Å². The highest BCUT2D eigenvalue weighted by atomic mass is 32.1. The van der Waals surface area contributed by atoms with E-state index < -0.39 is 17.7 Å². The summed E-state index contributed by atoms with van der Waals surface area (Å²) in [4.78, 5) is 32.6. The molecule has 7 nitrogen and oxygen atoms in total. The molecule has 34 heavy (non-hydrogen) atoms. The van der Waals surface area contributed by atoms with Crippen LogP contribution in [0.15, 0.2) is 78.4 Å². The van der Waals surface area contributed by atoms with Gasteiger partial charge in [0, 0.05) is 11.1 Å². The number of ether oxygens (including phenoxy) is 2. The molecule has 3 aromatic carbocycles. The summed E-state index contributed by atoms with van der Waals surface area (Å²) >= 11 is 1.27. The van der Waals surface area contributed by atoms with Crippen LogP contribution in [0.4, 0.5) is 5.13 Å². The van der Waals surface area contributed by atoms with Crippen LogP contribution in [0.3, 0.4) is 0 Å². The molecule has 0 spiro atoms. The van der Waals surface area contributed by atoms with E-state index in [4.69, 9.17) is 9.47 Å². The van der Waals surface area contributed by atoms with E-state index in [1.165, 1.54) is 23.3 Å². The molecule has 8 heteroatoms. The highest BCUT2D eigenvalue weighted by molar-refractivity contribution is 7.22. The normalized spacial score (nSPS) is 17.4. The lowest BCUT2D eigenvalue weighted by atomic mass is 9.95. The summed E-state index contributed by atoms with van der Waals surface area (Å²) in [5.74, 6) is -0.648. The molecule has 1 atom stereocenters. The van der Waals surface area contributed by atoms with E-state index in [9.17, 15) is 14.7 Å². The third-order valence-corrected chi connectivity index (χ3v) is 6.73. The molecule has 1 N–H and O–H groups in total. The number of aliphatic hydroxyl groups excluding tert-OH is 1. The van der Waals surface area contributed by atoms with E-state index in [0.29, 0.717) is 33.3 Å². The number of thiazole rings is 1. The van der Waals surface area contributed by atoms with E-state index in [-0.39, 0.29) is 11.3 Å². The van der Waals surface area contributed by atoms with Gasteiger partial charge in [0.25, 0.3) is 5.78 Å². The van der Waals surface area contributed by atoms with Crippen molar-refractivity contribution in [2.75, 3.05) is 19.1 Å². The van der Waals surface area contributed by atoms with Crippen molar-refractivity contribution in [3.8, 4) is 11.5 Å². The van der Waals surface area contributed by atoms with E-state index >= 15 is 0 Å². The van der Waals surface area contributed by atoms with Gasteiger partial charge in [0.1, 0.15) is 23.3 Å². The minimum atomic E-state index is -0.918. The highest BCUT2D eigenvalue weighted by Crippen LogP contribution is 2.46. The van der Waals surface area contributed by atoms with Gasteiger partial charge >= 0.3 is 5.91 Å². The maximum Gasteiger partial charge on any atom is 0.301 e. The largest absolute Gasteiger partial charge is 0.507 e. The Hall–Kier alpha value is -4.17. The average Bonchev–Trinajstić information content (AvgIpc) is 3.41. The molecule has 1 aromatic heterocycles. The number of rotatable bonds is 5. The van der Waals surface area contributed by atoms with Crippen molar-refractivity contribution in [1.29, 1.82) is 0 Å². The maximum absolute atomic E-state index is 13.4. The number of fused-ring (bicyclic) bond motifs is 1. The van der Waals surface area contributed by atoms with Crippen molar-refractivity contribution in [2.24, 2.45) is 0 Å². The molecule has 4 aromatic rings. The van der Waals surface area contributed by atoms with Crippen LogP contribution < -0.4 is 14.4 Å². The number of hydrogen-bond donors (Lipinski definition) is 1. The summed E-state index contributed by atoms with van der Waals surface area (Å²) in [6.07, 6.45) is 0. The Bertz CT molecular complexity index is 1440. The molecule has 1 saturated heterocycles. The van der Waals surface area contributed by atoms with Crippen LogP contribution in [-0.2, 0) is 9.59 Å². The fourth-order valence-electron chi connectivity index (χ4n) is 4.09. The first-order chi connectivity index (χ1) is 16.5. The van der Waals surface area contributed by atoms with Crippen LogP contribution >= 0.6 is 11.3 Å². The Balaban J connectivity index is 1.75. The minimum Gasteiger partial charge on any atom is -0.507 e. The topological polar surface area (TPSA) is 89.0 Å². The number of ketones is 1. The molecule has 1 fully saturated rings. The smallest absolute Gasteiger partial charge is 0.301 e. The van der Waals surface area contributed by atoms with Crippen LogP contribution in [-0.4, -0.2) is 36.0 Å². The lowest BCUT2D eigenvalue weighted by molar-refractivity contribution is -0.132. The molecule has 0 unspecified atom stereocenters. The molecular formula is C26H20N2O5S. The molecule has 5 rings (SSSR count). The summed E-state index contributed by atoms with van der Waals surface area (Å²) in [5, 5.41) is 11.5. The van der Waals surface area contributed by atoms with Gasteiger partial charge in [-0.05, 0) is 24.3 Å². The maximum atomic E-state index is 13.4. The molecule has 2 heterocycles. The lowest BCUT2D eigenvalue weighted by Crippen LogP contribution is -2.29. The molecule has 0 radical (unpaired) electrons. The van der Waals surface area contributed by atoms with Gasteiger partial charge in [-0.2, -0.15) is 0 Å². The molecule has 0 aliphatic carbocycles. The van der Waals surface area contributed by atoms with Crippen LogP contribution in [0.5, 0.6) is 11.5 Å². The van der Waals surface area contributed by atoms with Crippen LogP contribution in [0, 0.1) is 0 Å². The third-order valence-electron chi connectivity index (χ3n) is 5.72. The van der Waals surface area contributed by atoms with Crippen molar-refractivity contribution in [2.45, 2.75) is 6.04 Å². The first kappa shape index (κ1) is 21.7. The molecule has 170 valence electrons. The minimum absolute atomic E-state index is 0.0162. The molecule has 0 bridgehead atoms. The molecule has 1 amide bonds. The standard InChI is InChI=1S/C26H20N2O5S/c1-32-16-12-13-18-20(14-16)34-26(27-18)28-22(17-10-6-7-11-19(17)33-2)21(24(30)25(28)31)23(29)15-8-4-3-5-9-15/h3-14,22,29H,1-2H3/t22-/m1/s1. The number of para-hydroxylation sites is 1. The summed E-state index contributed by atoms with van der Waals surface area (Å²) in [7, 11) is 3.10. The Morgan fingerprint density at radius 3 is 2.44 bits per heavy atom. The second kappa shape index (κ2) is 8.64. The highest BCUT2D eigenvalue weighted by Gasteiger charge is 2.49. The number of nitrogens with zero attached hydrogens (tertiary/aromatic N) is 2. The summed E-state index contributed by atoms with van der Waals surface area (Å²) in [6.45, 7) is 0. The van der Waals surface area contributed by atoms with Crippen molar-refractivity contribution < 1.29 is 24.2 Å². The third kappa shape index (κ3) is 3.48. The number of Topliss-reactive ketones (excluding diaryl/α,β-unsaturated/α-hetero) is 1. The van der Waals surface area contributed by atoms with Crippen LogP contribution in [0.2, 0.25) is 0 Å². The quantitative estimate of drug-likeness (QED) is 0.251. The number of methoxy groups -OCH3 is 2. The zero-order chi connectivity index (χ0) is 23.8.